The van der Waals surface area contributed by atoms with Gasteiger partial charge in [-0.3, -0.25) is 9.36 Å². The van der Waals surface area contributed by atoms with Crippen molar-refractivity contribution in [2.75, 3.05) is 5.75 Å². The molecular formula is C22H18N4O2S3. The molecule has 4 rings (SSSR count). The summed E-state index contributed by atoms with van der Waals surface area (Å²) in [6, 6.07) is 9.65. The van der Waals surface area contributed by atoms with Crippen LogP contribution in [0.5, 0.6) is 0 Å². The molecule has 4 aromatic rings. The largest absolute Gasteiger partial charge is 0.510 e. The lowest BCUT2D eigenvalue weighted by atomic mass is 10.2. The molecule has 1 aromatic carbocycles. The Balaban J connectivity index is 1.71. The normalized spacial score (nSPS) is 12.2. The first-order valence-electron chi connectivity index (χ1n) is 9.37. The highest BCUT2D eigenvalue weighted by molar-refractivity contribution is 7.99. The number of aliphatic hydroxyl groups excluding tert-OH is 1. The summed E-state index contributed by atoms with van der Waals surface area (Å²) in [4.78, 5) is 23.9. The third-order valence-corrected chi connectivity index (χ3v) is 7.95. The molecule has 0 aliphatic heterocycles. The number of rotatable bonds is 6. The van der Waals surface area contributed by atoms with Gasteiger partial charge in [-0.25, -0.2) is 9.97 Å². The Labute approximate surface area is 190 Å². The standard InChI is InChI=1S/C22H18N4O2S3/c1-4-9-26-21(28)18-12(2)13(3)30-20(18)25-22(26)29-11-16(27)14(10-23)19-24-15-7-5-6-8-17(15)31-19/h4-8,27H,1,9,11H2,2-3H3/b16-14-. The molecule has 3 aromatic heterocycles. The van der Waals surface area contributed by atoms with E-state index < -0.39 is 0 Å². The molecule has 0 saturated carbocycles. The first kappa shape index (κ1) is 21.3. The van der Waals surface area contributed by atoms with Crippen molar-refractivity contribution in [3.8, 4) is 6.07 Å². The minimum atomic E-state index is -0.121. The van der Waals surface area contributed by atoms with Crippen LogP contribution >= 0.6 is 34.4 Å². The highest BCUT2D eigenvalue weighted by atomic mass is 32.2. The van der Waals surface area contributed by atoms with E-state index in [-0.39, 0.29) is 22.6 Å². The molecule has 0 unspecified atom stereocenters. The van der Waals surface area contributed by atoms with E-state index >= 15 is 0 Å². The lowest BCUT2D eigenvalue weighted by Gasteiger charge is -2.10. The summed E-state index contributed by atoms with van der Waals surface area (Å²) in [6.07, 6.45) is 1.64. The number of hydrogen-bond donors (Lipinski definition) is 1. The van der Waals surface area contributed by atoms with Crippen LogP contribution in [0.15, 0.2) is 52.6 Å². The molecule has 0 saturated heterocycles. The highest BCUT2D eigenvalue weighted by Gasteiger charge is 2.18. The maximum Gasteiger partial charge on any atom is 0.263 e. The maximum atomic E-state index is 13.1. The SMILES string of the molecule is C=CCn1c(SC/C(O)=C(\C#N)c2nc3ccccc3s2)nc2sc(C)c(C)c2c1=O. The summed E-state index contributed by atoms with van der Waals surface area (Å²) in [5.74, 6) is 0.00152. The van der Waals surface area contributed by atoms with Gasteiger partial charge in [0.25, 0.3) is 5.56 Å². The quantitative estimate of drug-likeness (QED) is 0.133. The highest BCUT2D eigenvalue weighted by Crippen LogP contribution is 2.31. The average Bonchev–Trinajstić information content (AvgIpc) is 3.30. The van der Waals surface area contributed by atoms with Crippen molar-refractivity contribution in [3.63, 3.8) is 0 Å². The van der Waals surface area contributed by atoms with Gasteiger partial charge in [-0.2, -0.15) is 5.26 Å². The lowest BCUT2D eigenvalue weighted by Crippen LogP contribution is -2.22. The fourth-order valence-corrected chi connectivity index (χ4v) is 6.07. The second kappa shape index (κ2) is 8.67. The first-order valence-corrected chi connectivity index (χ1v) is 12.0. The maximum absolute atomic E-state index is 13.1. The summed E-state index contributed by atoms with van der Waals surface area (Å²) in [6.45, 7) is 7.95. The van der Waals surface area contributed by atoms with Crippen molar-refractivity contribution in [1.82, 2.24) is 14.5 Å². The smallest absolute Gasteiger partial charge is 0.263 e. The summed E-state index contributed by atoms with van der Waals surface area (Å²) >= 11 is 4.05. The minimum Gasteiger partial charge on any atom is -0.510 e. The van der Waals surface area contributed by atoms with Crippen LogP contribution in [0.2, 0.25) is 0 Å². The first-order chi connectivity index (χ1) is 14.9. The zero-order valence-electron chi connectivity index (χ0n) is 16.9. The third kappa shape index (κ3) is 3.90. The van der Waals surface area contributed by atoms with Gasteiger partial charge in [0.1, 0.15) is 27.2 Å². The van der Waals surface area contributed by atoms with Gasteiger partial charge >= 0.3 is 0 Å². The molecule has 0 atom stereocenters. The Morgan fingerprint density at radius 1 is 1.32 bits per heavy atom. The molecule has 1 N–H and O–H groups in total. The van der Waals surface area contributed by atoms with Crippen molar-refractivity contribution in [2.45, 2.75) is 25.5 Å². The summed E-state index contributed by atoms with van der Waals surface area (Å²) in [5, 5.41) is 21.9. The molecule has 9 heteroatoms. The van der Waals surface area contributed by atoms with Crippen LogP contribution in [0.1, 0.15) is 15.4 Å². The number of hydrogen-bond acceptors (Lipinski definition) is 8. The third-order valence-electron chi connectivity index (χ3n) is 4.81. The van der Waals surface area contributed by atoms with Crippen LogP contribution in [0.25, 0.3) is 26.0 Å². The fraction of sp³-hybridized carbons (Fsp3) is 0.182. The predicted octanol–water partition coefficient (Wildman–Crippen LogP) is 5.46. The van der Waals surface area contributed by atoms with Crippen molar-refractivity contribution in [2.24, 2.45) is 0 Å². The van der Waals surface area contributed by atoms with Crippen LogP contribution in [-0.2, 0) is 6.54 Å². The molecule has 6 nitrogen and oxygen atoms in total. The number of allylic oxidation sites excluding steroid dienone is 2. The molecule has 0 radical (unpaired) electrons. The van der Waals surface area contributed by atoms with Crippen molar-refractivity contribution in [1.29, 1.82) is 5.26 Å². The van der Waals surface area contributed by atoms with Gasteiger partial charge in [-0.15, -0.1) is 29.3 Å². The average molecular weight is 467 g/mol. The van der Waals surface area contributed by atoms with Gasteiger partial charge in [0.2, 0.25) is 0 Å². The van der Waals surface area contributed by atoms with Gasteiger partial charge in [-0.1, -0.05) is 30.0 Å². The molecule has 31 heavy (non-hydrogen) atoms. The van der Waals surface area contributed by atoms with Crippen LogP contribution in [-0.4, -0.2) is 25.4 Å². The van der Waals surface area contributed by atoms with Crippen LogP contribution in [0.3, 0.4) is 0 Å². The number of thioether (sulfide) groups is 1. The van der Waals surface area contributed by atoms with Gasteiger partial charge in [0.15, 0.2) is 5.16 Å². The van der Waals surface area contributed by atoms with Gasteiger partial charge < -0.3 is 5.11 Å². The summed E-state index contributed by atoms with van der Waals surface area (Å²) in [7, 11) is 0. The number of aromatic nitrogens is 3. The zero-order valence-corrected chi connectivity index (χ0v) is 19.3. The molecule has 156 valence electrons. The number of fused-ring (bicyclic) bond motifs is 2. The molecule has 3 heterocycles. The van der Waals surface area contributed by atoms with Gasteiger partial charge in [0, 0.05) is 11.4 Å². The van der Waals surface area contributed by atoms with Crippen LogP contribution in [0, 0.1) is 25.2 Å². The van der Waals surface area contributed by atoms with E-state index in [2.05, 4.69) is 22.6 Å². The lowest BCUT2D eigenvalue weighted by molar-refractivity contribution is 0.420. The number of aryl methyl sites for hydroxylation is 2. The number of benzene rings is 1. The molecule has 0 amide bonds. The Bertz CT molecular complexity index is 1420. The van der Waals surface area contributed by atoms with Crippen molar-refractivity contribution in [3.05, 3.63) is 68.5 Å². The molecule has 0 fully saturated rings. The molecule has 0 aliphatic rings. The van der Waals surface area contributed by atoms with Crippen LogP contribution < -0.4 is 5.56 Å². The number of para-hydroxylation sites is 1. The Kier molecular flexibility index (Phi) is 5.96. The monoisotopic (exact) mass is 466 g/mol. The number of nitriles is 1. The van der Waals surface area contributed by atoms with Crippen molar-refractivity contribution < 1.29 is 5.11 Å². The van der Waals surface area contributed by atoms with E-state index in [9.17, 15) is 15.2 Å². The van der Waals surface area contributed by atoms with Crippen LogP contribution in [0.4, 0.5) is 0 Å². The Hall–Kier alpha value is -2.93. The van der Waals surface area contributed by atoms with E-state index in [4.69, 9.17) is 0 Å². The van der Waals surface area contributed by atoms with E-state index in [1.807, 2.05) is 38.1 Å². The minimum absolute atomic E-state index is 0.0930. The van der Waals surface area contributed by atoms with Gasteiger partial charge in [0.05, 0.1) is 21.4 Å². The van der Waals surface area contributed by atoms with E-state index in [1.165, 1.54) is 34.4 Å². The van der Waals surface area contributed by atoms with E-state index in [0.29, 0.717) is 26.9 Å². The molecular weight excluding hydrogens is 448 g/mol. The Morgan fingerprint density at radius 2 is 2.10 bits per heavy atom. The second-order valence-corrected chi connectivity index (χ2v) is 9.95. The number of thiazole rings is 1. The fourth-order valence-electron chi connectivity index (χ4n) is 3.13. The summed E-state index contributed by atoms with van der Waals surface area (Å²) < 4.78 is 2.50. The molecule has 0 spiro atoms. The van der Waals surface area contributed by atoms with E-state index in [0.717, 1.165) is 20.7 Å². The molecule has 0 aliphatic carbocycles. The zero-order chi connectivity index (χ0) is 22.1. The topological polar surface area (TPSA) is 91.8 Å². The van der Waals surface area contributed by atoms with Gasteiger partial charge in [-0.05, 0) is 31.5 Å². The predicted molar refractivity (Wildman–Crippen MR) is 129 cm³/mol. The van der Waals surface area contributed by atoms with E-state index in [1.54, 1.807) is 10.6 Å². The van der Waals surface area contributed by atoms with Crippen molar-refractivity contribution >= 4 is 60.4 Å². The number of aliphatic hydroxyl groups is 1. The molecule has 0 bridgehead atoms. The Morgan fingerprint density at radius 3 is 2.81 bits per heavy atom. The second-order valence-electron chi connectivity index (χ2n) is 6.77. The summed E-state index contributed by atoms with van der Waals surface area (Å²) in [5.41, 5.74) is 1.74. The number of thiophene rings is 1. The number of nitrogens with zero attached hydrogens (tertiary/aromatic N) is 4.